The molecule has 0 aromatic heterocycles. The van der Waals surface area contributed by atoms with Gasteiger partial charge in [0, 0.05) is 30.7 Å². The molecule has 0 bridgehead atoms. The largest absolute Gasteiger partial charge is 0.364 e. The van der Waals surface area contributed by atoms with Crippen LogP contribution in [0.25, 0.3) is 0 Å². The van der Waals surface area contributed by atoms with Gasteiger partial charge in [0.1, 0.15) is 5.82 Å². The molecule has 2 saturated heterocycles. The zero-order chi connectivity index (χ0) is 18.4. The molecule has 1 aliphatic carbocycles. The van der Waals surface area contributed by atoms with Crippen molar-refractivity contribution >= 4 is 11.6 Å². The average molecular weight is 359 g/mol. The number of hydrogen-bond donors (Lipinski definition) is 0. The summed E-state index contributed by atoms with van der Waals surface area (Å²) in [6.07, 6.45) is 8.93. The van der Waals surface area contributed by atoms with Gasteiger partial charge in [-0.2, -0.15) is 0 Å². The highest BCUT2D eigenvalue weighted by Crippen LogP contribution is 2.47. The van der Waals surface area contributed by atoms with Gasteiger partial charge < -0.3 is 9.80 Å². The van der Waals surface area contributed by atoms with Crippen LogP contribution in [-0.4, -0.2) is 35.0 Å². The molecule has 1 aromatic rings. The Morgan fingerprint density at radius 2 is 1.85 bits per heavy atom. The van der Waals surface area contributed by atoms with Gasteiger partial charge in [0.25, 0.3) is 0 Å². The molecule has 0 radical (unpaired) electrons. The molecule has 4 rings (SSSR count). The van der Waals surface area contributed by atoms with Crippen LogP contribution in [0.15, 0.2) is 24.3 Å². The van der Waals surface area contributed by atoms with Crippen molar-refractivity contribution in [2.45, 2.75) is 76.3 Å². The van der Waals surface area contributed by atoms with Crippen LogP contribution in [0.4, 0.5) is 10.1 Å². The molecule has 4 heteroatoms. The number of hydrogen-bond acceptors (Lipinski definition) is 2. The minimum atomic E-state index is -0.199. The Hall–Kier alpha value is -1.58. The molecular weight excluding hydrogens is 327 g/mol. The van der Waals surface area contributed by atoms with E-state index < -0.39 is 0 Å². The first-order chi connectivity index (χ1) is 12.4. The fourth-order valence-corrected chi connectivity index (χ4v) is 5.77. The van der Waals surface area contributed by atoms with Gasteiger partial charge in [0.15, 0.2) is 0 Å². The van der Waals surface area contributed by atoms with Crippen LogP contribution in [0, 0.1) is 11.7 Å². The molecule has 142 valence electrons. The number of benzene rings is 1. The molecule has 3 aliphatic rings. The Morgan fingerprint density at radius 3 is 2.54 bits per heavy atom. The average Bonchev–Trinajstić information content (AvgIpc) is 3.28. The Kier molecular flexibility index (Phi) is 4.48. The maximum atomic E-state index is 13.4. The molecule has 2 heterocycles. The van der Waals surface area contributed by atoms with Gasteiger partial charge >= 0.3 is 0 Å². The topological polar surface area (TPSA) is 23.6 Å². The van der Waals surface area contributed by atoms with E-state index in [0.29, 0.717) is 11.8 Å². The number of likely N-dealkylation sites (tertiary alicyclic amines) is 1. The third kappa shape index (κ3) is 3.12. The summed E-state index contributed by atoms with van der Waals surface area (Å²) in [5.74, 6) is 0.767. The van der Waals surface area contributed by atoms with Gasteiger partial charge in [-0.05, 0) is 76.1 Å². The van der Waals surface area contributed by atoms with Crippen molar-refractivity contribution in [3.8, 4) is 0 Å². The fraction of sp³-hybridized carbons (Fsp3) is 0.682. The van der Waals surface area contributed by atoms with Crippen molar-refractivity contribution in [2.75, 3.05) is 18.0 Å². The first-order valence-electron chi connectivity index (χ1n) is 10.2. The highest BCUT2D eigenvalue weighted by molar-refractivity contribution is 5.78. The third-order valence-corrected chi connectivity index (χ3v) is 6.92. The van der Waals surface area contributed by atoms with Crippen LogP contribution in [0.3, 0.4) is 0 Å². The number of anilines is 1. The van der Waals surface area contributed by atoms with Crippen LogP contribution in [0.2, 0.25) is 0 Å². The highest BCUT2D eigenvalue weighted by atomic mass is 19.1. The lowest BCUT2D eigenvalue weighted by atomic mass is 9.87. The van der Waals surface area contributed by atoms with Crippen LogP contribution in [0.5, 0.6) is 0 Å². The maximum Gasteiger partial charge on any atom is 0.223 e. The summed E-state index contributed by atoms with van der Waals surface area (Å²) in [5.41, 5.74) is 0.977. The number of carbonyl (C=O) groups excluding carboxylic acids is 1. The summed E-state index contributed by atoms with van der Waals surface area (Å²) >= 11 is 0. The molecule has 1 aromatic carbocycles. The van der Waals surface area contributed by atoms with Crippen LogP contribution < -0.4 is 4.90 Å². The molecule has 2 aliphatic heterocycles. The van der Waals surface area contributed by atoms with E-state index in [1.165, 1.54) is 37.8 Å². The molecule has 26 heavy (non-hydrogen) atoms. The third-order valence-electron chi connectivity index (χ3n) is 6.92. The first-order valence-corrected chi connectivity index (χ1v) is 10.2. The number of rotatable bonds is 3. The van der Waals surface area contributed by atoms with Crippen LogP contribution in [-0.2, 0) is 4.79 Å². The van der Waals surface area contributed by atoms with E-state index in [1.807, 2.05) is 12.1 Å². The summed E-state index contributed by atoms with van der Waals surface area (Å²) in [6, 6.07) is 6.81. The zero-order valence-electron chi connectivity index (χ0n) is 16.1. The van der Waals surface area contributed by atoms with E-state index in [2.05, 4.69) is 23.6 Å². The molecule has 1 unspecified atom stereocenters. The van der Waals surface area contributed by atoms with E-state index in [0.717, 1.165) is 44.5 Å². The van der Waals surface area contributed by atoms with Gasteiger partial charge in [-0.3, -0.25) is 4.79 Å². The number of nitrogens with zero attached hydrogens (tertiary/aromatic N) is 2. The van der Waals surface area contributed by atoms with Gasteiger partial charge in [-0.25, -0.2) is 4.39 Å². The van der Waals surface area contributed by atoms with Crippen molar-refractivity contribution < 1.29 is 9.18 Å². The smallest absolute Gasteiger partial charge is 0.223 e. The first kappa shape index (κ1) is 17.8. The van der Waals surface area contributed by atoms with E-state index in [1.54, 1.807) is 0 Å². The minimum Gasteiger partial charge on any atom is -0.364 e. The molecule has 1 amide bonds. The molecular formula is C22H31FN2O. The molecule has 0 N–H and O–H groups in total. The van der Waals surface area contributed by atoms with Crippen molar-refractivity contribution in [3.63, 3.8) is 0 Å². The van der Waals surface area contributed by atoms with Gasteiger partial charge in [-0.15, -0.1) is 0 Å². The number of halogens is 1. The second-order valence-electron chi connectivity index (χ2n) is 9.28. The van der Waals surface area contributed by atoms with E-state index in [4.69, 9.17) is 0 Å². The summed E-state index contributed by atoms with van der Waals surface area (Å²) in [6.45, 7) is 6.27. The Balaban J connectivity index is 1.55. The van der Waals surface area contributed by atoms with Crippen LogP contribution in [0.1, 0.15) is 65.2 Å². The lowest BCUT2D eigenvalue weighted by molar-refractivity contribution is -0.135. The van der Waals surface area contributed by atoms with Gasteiger partial charge in [0.2, 0.25) is 5.91 Å². The monoisotopic (exact) mass is 358 g/mol. The van der Waals surface area contributed by atoms with Gasteiger partial charge in [0.05, 0.1) is 5.54 Å². The molecule has 1 atom stereocenters. The molecule has 3 fully saturated rings. The molecule has 1 saturated carbocycles. The second kappa shape index (κ2) is 6.54. The SMILES string of the molecule is CC1(C)CC2(CCCN2C(=O)CC2CCCC2)CN1c1ccc(F)cc1. The summed E-state index contributed by atoms with van der Waals surface area (Å²) in [5, 5.41) is 0. The standard InChI is InChI=1S/C22H31FN2O/c1-21(2)15-22(16-25(21)19-10-8-18(23)9-11-19)12-5-13-24(22)20(26)14-17-6-3-4-7-17/h8-11,17H,3-7,12-16H2,1-2H3. The Morgan fingerprint density at radius 1 is 1.15 bits per heavy atom. The number of carbonyl (C=O) groups is 1. The van der Waals surface area contributed by atoms with E-state index in [9.17, 15) is 9.18 Å². The lowest BCUT2D eigenvalue weighted by Crippen LogP contribution is -2.49. The van der Waals surface area contributed by atoms with Crippen molar-refractivity contribution in [3.05, 3.63) is 30.1 Å². The van der Waals surface area contributed by atoms with Crippen molar-refractivity contribution in [1.29, 1.82) is 0 Å². The van der Waals surface area contributed by atoms with E-state index >= 15 is 0 Å². The fourth-order valence-electron chi connectivity index (χ4n) is 5.77. The van der Waals surface area contributed by atoms with Crippen LogP contribution >= 0.6 is 0 Å². The van der Waals surface area contributed by atoms with Crippen molar-refractivity contribution in [1.82, 2.24) is 4.90 Å². The van der Waals surface area contributed by atoms with Gasteiger partial charge in [-0.1, -0.05) is 12.8 Å². The predicted molar refractivity (Wildman–Crippen MR) is 103 cm³/mol. The van der Waals surface area contributed by atoms with Crippen molar-refractivity contribution in [2.24, 2.45) is 5.92 Å². The number of amides is 1. The normalized spacial score (nSPS) is 28.4. The second-order valence-corrected chi connectivity index (χ2v) is 9.28. The molecule has 3 nitrogen and oxygen atoms in total. The van der Waals surface area contributed by atoms with E-state index in [-0.39, 0.29) is 16.9 Å². The Labute approximate surface area is 156 Å². The summed E-state index contributed by atoms with van der Waals surface area (Å²) in [7, 11) is 0. The summed E-state index contributed by atoms with van der Waals surface area (Å²) < 4.78 is 13.4. The molecule has 1 spiro atoms. The lowest BCUT2D eigenvalue weighted by Gasteiger charge is -2.36. The maximum absolute atomic E-state index is 13.4. The minimum absolute atomic E-state index is 0.0337. The predicted octanol–water partition coefficient (Wildman–Crippen LogP) is 4.76. The quantitative estimate of drug-likeness (QED) is 0.778. The Bertz CT molecular complexity index is 665. The highest BCUT2D eigenvalue weighted by Gasteiger charge is 2.54. The zero-order valence-corrected chi connectivity index (χ0v) is 16.1. The summed E-state index contributed by atoms with van der Waals surface area (Å²) in [4.78, 5) is 17.7.